The Hall–Kier alpha value is -2.67. The van der Waals surface area contributed by atoms with E-state index in [9.17, 15) is 18.4 Å². The molecule has 0 aliphatic carbocycles. The van der Waals surface area contributed by atoms with Crippen molar-refractivity contribution in [3.05, 3.63) is 64.7 Å². The molecular weight excluding hydrogens is 378 g/mol. The topological polar surface area (TPSA) is 58.6 Å². The minimum atomic E-state index is -1.22. The SMILES string of the molecule is CN(CCCNC(=O)COC(=O)c1cc(F)c(F)cc1Cl)c1ccccc1. The lowest BCUT2D eigenvalue weighted by atomic mass is 10.2. The van der Waals surface area contributed by atoms with Crippen LogP contribution in [-0.4, -0.2) is 38.6 Å². The number of amides is 1. The number of anilines is 1. The van der Waals surface area contributed by atoms with Crippen molar-refractivity contribution >= 4 is 29.2 Å². The van der Waals surface area contributed by atoms with E-state index >= 15 is 0 Å². The first-order chi connectivity index (χ1) is 12.9. The van der Waals surface area contributed by atoms with Gasteiger partial charge in [0.15, 0.2) is 18.2 Å². The van der Waals surface area contributed by atoms with Gasteiger partial charge < -0.3 is 15.0 Å². The van der Waals surface area contributed by atoms with Crippen LogP contribution < -0.4 is 10.2 Å². The summed E-state index contributed by atoms with van der Waals surface area (Å²) in [5, 5.41) is 2.33. The Kier molecular flexibility index (Phi) is 7.55. The van der Waals surface area contributed by atoms with Gasteiger partial charge in [0.05, 0.1) is 10.6 Å². The molecule has 2 aromatic carbocycles. The molecule has 144 valence electrons. The smallest absolute Gasteiger partial charge is 0.340 e. The number of carbonyl (C=O) groups excluding carboxylic acids is 2. The number of nitrogens with zero attached hydrogens (tertiary/aromatic N) is 1. The van der Waals surface area contributed by atoms with Crippen molar-refractivity contribution in [3.63, 3.8) is 0 Å². The van der Waals surface area contributed by atoms with Crippen molar-refractivity contribution in [1.82, 2.24) is 5.32 Å². The number of ether oxygens (including phenoxy) is 1. The predicted octanol–water partition coefficient (Wildman–Crippen LogP) is 3.42. The quantitative estimate of drug-likeness (QED) is 0.422. The Morgan fingerprint density at radius 3 is 2.52 bits per heavy atom. The van der Waals surface area contributed by atoms with Gasteiger partial charge in [-0.3, -0.25) is 4.79 Å². The highest BCUT2D eigenvalue weighted by molar-refractivity contribution is 6.33. The highest BCUT2D eigenvalue weighted by atomic mass is 35.5. The summed E-state index contributed by atoms with van der Waals surface area (Å²) in [4.78, 5) is 25.6. The molecule has 0 saturated heterocycles. The van der Waals surface area contributed by atoms with Crippen molar-refractivity contribution in [1.29, 1.82) is 0 Å². The molecule has 0 heterocycles. The fourth-order valence-electron chi connectivity index (χ4n) is 2.29. The summed E-state index contributed by atoms with van der Waals surface area (Å²) in [5.74, 6) is -3.89. The molecule has 0 atom stereocenters. The summed E-state index contributed by atoms with van der Waals surface area (Å²) in [6, 6.07) is 11.1. The number of para-hydroxylation sites is 1. The molecule has 0 bridgehead atoms. The van der Waals surface area contributed by atoms with E-state index in [1.54, 1.807) is 0 Å². The van der Waals surface area contributed by atoms with Crippen LogP contribution in [0.5, 0.6) is 0 Å². The van der Waals surface area contributed by atoms with Gasteiger partial charge in [-0.1, -0.05) is 29.8 Å². The van der Waals surface area contributed by atoms with Gasteiger partial charge in [0, 0.05) is 25.8 Å². The maximum Gasteiger partial charge on any atom is 0.340 e. The molecule has 0 fully saturated rings. The van der Waals surface area contributed by atoms with Gasteiger partial charge >= 0.3 is 5.97 Å². The Balaban J connectivity index is 1.70. The molecule has 0 aliphatic rings. The van der Waals surface area contributed by atoms with Crippen LogP contribution in [0.25, 0.3) is 0 Å². The first-order valence-electron chi connectivity index (χ1n) is 8.23. The number of carbonyl (C=O) groups is 2. The minimum Gasteiger partial charge on any atom is -0.452 e. The van der Waals surface area contributed by atoms with Gasteiger partial charge in [-0.2, -0.15) is 0 Å². The maximum atomic E-state index is 13.2. The number of hydrogen-bond donors (Lipinski definition) is 1. The third-order valence-electron chi connectivity index (χ3n) is 3.75. The number of rotatable bonds is 8. The van der Waals surface area contributed by atoms with Gasteiger partial charge in [0.2, 0.25) is 0 Å². The molecular formula is C19H19ClF2N2O3. The normalized spacial score (nSPS) is 10.4. The molecule has 2 rings (SSSR count). The summed E-state index contributed by atoms with van der Waals surface area (Å²) in [7, 11) is 1.95. The monoisotopic (exact) mass is 396 g/mol. The van der Waals surface area contributed by atoms with E-state index in [0.717, 1.165) is 12.2 Å². The molecule has 0 aliphatic heterocycles. The molecule has 0 aromatic heterocycles. The fourth-order valence-corrected chi connectivity index (χ4v) is 2.52. The van der Waals surface area contributed by atoms with E-state index in [1.807, 2.05) is 37.4 Å². The molecule has 0 saturated carbocycles. The second-order valence-corrected chi connectivity index (χ2v) is 6.19. The van der Waals surface area contributed by atoms with Crippen molar-refractivity contribution in [2.24, 2.45) is 0 Å². The maximum absolute atomic E-state index is 13.2. The van der Waals surface area contributed by atoms with E-state index in [1.165, 1.54) is 0 Å². The zero-order valence-electron chi connectivity index (χ0n) is 14.7. The zero-order valence-corrected chi connectivity index (χ0v) is 15.4. The van der Waals surface area contributed by atoms with E-state index in [2.05, 4.69) is 10.2 Å². The van der Waals surface area contributed by atoms with Crippen molar-refractivity contribution in [2.45, 2.75) is 6.42 Å². The van der Waals surface area contributed by atoms with Crippen LogP contribution in [0, 0.1) is 11.6 Å². The van der Waals surface area contributed by atoms with Crippen LogP contribution in [0.3, 0.4) is 0 Å². The lowest BCUT2D eigenvalue weighted by molar-refractivity contribution is -0.124. The third kappa shape index (κ3) is 6.21. The number of nitrogens with one attached hydrogen (secondary N) is 1. The van der Waals surface area contributed by atoms with Gasteiger partial charge in [-0.15, -0.1) is 0 Å². The second kappa shape index (κ2) is 9.87. The first kappa shape index (κ1) is 20.6. The van der Waals surface area contributed by atoms with Gasteiger partial charge in [-0.25, -0.2) is 13.6 Å². The fraction of sp³-hybridized carbons (Fsp3) is 0.263. The van der Waals surface area contributed by atoms with Crippen molar-refractivity contribution < 1.29 is 23.1 Å². The standard InChI is InChI=1S/C19H19ClF2N2O3/c1-24(13-6-3-2-4-7-13)9-5-8-23-18(25)12-27-19(26)14-10-16(21)17(22)11-15(14)20/h2-4,6-7,10-11H,5,8-9,12H2,1H3,(H,23,25). The molecule has 1 amide bonds. The van der Waals surface area contributed by atoms with Crippen molar-refractivity contribution in [2.75, 3.05) is 31.6 Å². The summed E-state index contributed by atoms with van der Waals surface area (Å²) >= 11 is 5.68. The molecule has 8 heteroatoms. The van der Waals surface area contributed by atoms with Gasteiger partial charge in [0.25, 0.3) is 5.91 Å². The lowest BCUT2D eigenvalue weighted by Gasteiger charge is -2.19. The largest absolute Gasteiger partial charge is 0.452 e. The zero-order chi connectivity index (χ0) is 19.8. The molecule has 2 aromatic rings. The summed E-state index contributed by atoms with van der Waals surface area (Å²) < 4.78 is 31.0. The second-order valence-electron chi connectivity index (χ2n) is 5.78. The summed E-state index contributed by atoms with van der Waals surface area (Å²) in [6.45, 7) is 0.594. The van der Waals surface area contributed by atoms with Crippen LogP contribution in [-0.2, 0) is 9.53 Å². The van der Waals surface area contributed by atoms with Crippen LogP contribution in [0.4, 0.5) is 14.5 Å². The van der Waals surface area contributed by atoms with E-state index in [0.29, 0.717) is 25.1 Å². The van der Waals surface area contributed by atoms with Crippen LogP contribution in [0.15, 0.2) is 42.5 Å². The summed E-state index contributed by atoms with van der Waals surface area (Å²) in [6.07, 6.45) is 0.695. The van der Waals surface area contributed by atoms with Gasteiger partial charge in [-0.05, 0) is 30.7 Å². The minimum absolute atomic E-state index is 0.289. The van der Waals surface area contributed by atoms with E-state index in [-0.39, 0.29) is 10.6 Å². The van der Waals surface area contributed by atoms with Crippen molar-refractivity contribution in [3.8, 4) is 0 Å². The highest BCUT2D eigenvalue weighted by Gasteiger charge is 2.17. The van der Waals surface area contributed by atoms with Crippen LogP contribution >= 0.6 is 11.6 Å². The highest BCUT2D eigenvalue weighted by Crippen LogP contribution is 2.20. The molecule has 0 spiro atoms. The van der Waals surface area contributed by atoms with Gasteiger partial charge in [0.1, 0.15) is 0 Å². The number of halogens is 3. The Morgan fingerprint density at radius 1 is 1.15 bits per heavy atom. The average Bonchev–Trinajstić information content (AvgIpc) is 2.66. The Labute approximate surface area is 160 Å². The predicted molar refractivity (Wildman–Crippen MR) is 99.0 cm³/mol. The molecule has 5 nitrogen and oxygen atoms in total. The molecule has 1 N–H and O–H groups in total. The molecule has 0 unspecified atom stereocenters. The average molecular weight is 397 g/mol. The Bertz CT molecular complexity index is 803. The van der Waals surface area contributed by atoms with Crippen LogP contribution in [0.2, 0.25) is 5.02 Å². The summed E-state index contributed by atoms with van der Waals surface area (Å²) in [5.41, 5.74) is 0.731. The number of esters is 1. The number of hydrogen-bond acceptors (Lipinski definition) is 4. The lowest BCUT2D eigenvalue weighted by Crippen LogP contribution is -2.31. The van der Waals surface area contributed by atoms with E-state index in [4.69, 9.17) is 16.3 Å². The van der Waals surface area contributed by atoms with E-state index < -0.39 is 30.1 Å². The Morgan fingerprint density at radius 2 is 1.81 bits per heavy atom. The number of benzene rings is 2. The molecule has 27 heavy (non-hydrogen) atoms. The van der Waals surface area contributed by atoms with Crippen LogP contribution in [0.1, 0.15) is 16.8 Å². The molecule has 0 radical (unpaired) electrons. The first-order valence-corrected chi connectivity index (χ1v) is 8.61. The third-order valence-corrected chi connectivity index (χ3v) is 4.07.